The summed E-state index contributed by atoms with van der Waals surface area (Å²) in [6.45, 7) is 9.49. The predicted octanol–water partition coefficient (Wildman–Crippen LogP) is 0.708. The number of carbonyl (C=O) groups excluding carboxylic acids is 5. The average molecular weight is 1050 g/mol. The Bertz CT molecular complexity index is 1960. The highest BCUT2D eigenvalue weighted by molar-refractivity contribution is 6.55. The molecule has 2 radical (unpaired) electrons. The van der Waals surface area contributed by atoms with Gasteiger partial charge in [-0.3, -0.25) is 28.7 Å². The van der Waals surface area contributed by atoms with Crippen LogP contribution in [0.1, 0.15) is 74.5 Å². The summed E-state index contributed by atoms with van der Waals surface area (Å²) >= 11 is 0. The Morgan fingerprint density at radius 3 is 2.09 bits per heavy atom. The van der Waals surface area contributed by atoms with Gasteiger partial charge in [0.25, 0.3) is 5.91 Å². The molecule has 1 saturated heterocycles. The largest absolute Gasteiger partial charge is 0.479 e. The fourth-order valence-electron chi connectivity index (χ4n) is 6.81. The summed E-state index contributed by atoms with van der Waals surface area (Å²) in [5.41, 5.74) is 1.20. The number of ether oxygens (including phenoxy) is 10. The summed E-state index contributed by atoms with van der Waals surface area (Å²) in [4.78, 5) is 77.9. The normalized spacial score (nSPS) is 15.4. The van der Waals surface area contributed by atoms with Gasteiger partial charge in [-0.25, -0.2) is 4.79 Å². The third-order valence-corrected chi connectivity index (χ3v) is 10.8. The van der Waals surface area contributed by atoms with Gasteiger partial charge in [0.2, 0.25) is 37.7 Å². The topological polar surface area (TPSA) is 296 Å². The van der Waals surface area contributed by atoms with Crippen molar-refractivity contribution in [2.24, 2.45) is 5.92 Å². The van der Waals surface area contributed by atoms with Crippen molar-refractivity contribution in [3.63, 3.8) is 0 Å². The first-order valence-electron chi connectivity index (χ1n) is 24.9. The number of aryl methyl sites for hydroxylation is 1. The van der Waals surface area contributed by atoms with Gasteiger partial charge in [0, 0.05) is 52.7 Å². The van der Waals surface area contributed by atoms with Crippen molar-refractivity contribution in [2.45, 2.75) is 91.1 Å². The molecule has 1 aromatic carbocycles. The Morgan fingerprint density at radius 2 is 1.47 bits per heavy atom. The minimum absolute atomic E-state index is 0.0281. The van der Waals surface area contributed by atoms with Gasteiger partial charge in [0.1, 0.15) is 37.7 Å². The molecule has 1 fully saturated rings. The molecule has 26 heteroatoms. The number of carbonyl (C=O) groups is 6. The number of rotatable bonds is 41. The third-order valence-electron chi connectivity index (χ3n) is 10.8. The Labute approximate surface area is 433 Å². The van der Waals surface area contributed by atoms with E-state index in [2.05, 4.69) is 27.9 Å². The van der Waals surface area contributed by atoms with Crippen LogP contribution in [0.3, 0.4) is 0 Å². The Kier molecular flexibility index (Phi) is 31.8. The van der Waals surface area contributed by atoms with Gasteiger partial charge in [-0.1, -0.05) is 38.5 Å². The molecule has 0 bridgehead atoms. The standard InChI is InChI=1S/C48H76BN7O18/c1-5-6-12-56-29-37(52-53-56)33-71-25-24-70-23-20-68-17-14-54(43(59)31-55(44(60)34-65-4)30-42(58)50-10-9-35(2)3)13-16-67-19-22-69-21-18-66-15-11-51-46(61)39-26-36(32-72-48(49)64)7-8-40(39)73-45-28-38(57)27-41(74-45)47(62)63/h7-8,26,29,35,38,41,45,57H,5-6,9-25,27-28,30-34H2,1-4H3,(H,50,58)(H,51,61)(H,62,63). The van der Waals surface area contributed by atoms with Crippen LogP contribution in [0.4, 0.5) is 4.79 Å². The van der Waals surface area contributed by atoms with Crippen LogP contribution in [0.15, 0.2) is 24.4 Å². The maximum atomic E-state index is 13.7. The van der Waals surface area contributed by atoms with Gasteiger partial charge >= 0.3 is 5.97 Å². The van der Waals surface area contributed by atoms with Gasteiger partial charge < -0.3 is 78.0 Å². The van der Waals surface area contributed by atoms with Crippen molar-refractivity contribution in [1.29, 1.82) is 0 Å². The lowest BCUT2D eigenvalue weighted by molar-refractivity contribution is -0.195. The molecule has 0 saturated carbocycles. The Morgan fingerprint density at radius 1 is 0.824 bits per heavy atom. The molecule has 25 nitrogen and oxygen atoms in total. The number of amides is 4. The number of aliphatic carboxylic acids is 1. The second-order valence-electron chi connectivity index (χ2n) is 17.4. The second-order valence-corrected chi connectivity index (χ2v) is 17.4. The van der Waals surface area contributed by atoms with E-state index < -0.39 is 48.1 Å². The van der Waals surface area contributed by atoms with E-state index in [9.17, 15) is 39.0 Å². The molecule has 3 atom stereocenters. The highest BCUT2D eigenvalue weighted by atomic mass is 16.7. The lowest BCUT2D eigenvalue weighted by Gasteiger charge is -2.31. The molecule has 74 heavy (non-hydrogen) atoms. The smallest absolute Gasteiger partial charge is 0.333 e. The number of nitrogens with zero attached hydrogens (tertiary/aromatic N) is 5. The fraction of sp³-hybridized carbons (Fsp3) is 0.708. The molecule has 414 valence electrons. The second kappa shape index (κ2) is 37.4. The van der Waals surface area contributed by atoms with Crippen molar-refractivity contribution >= 4 is 43.3 Å². The van der Waals surface area contributed by atoms with Gasteiger partial charge in [0.15, 0.2) is 6.10 Å². The number of aromatic nitrogens is 3. The van der Waals surface area contributed by atoms with Crippen LogP contribution >= 0.6 is 0 Å². The first-order chi connectivity index (χ1) is 35.7. The highest BCUT2D eigenvalue weighted by Crippen LogP contribution is 2.27. The van der Waals surface area contributed by atoms with E-state index >= 15 is 0 Å². The number of nitrogens with one attached hydrogen (secondary N) is 2. The number of benzene rings is 1. The lowest BCUT2D eigenvalue weighted by atomic mass is 10.0. The summed E-state index contributed by atoms with van der Waals surface area (Å²) in [5, 5.41) is 33.3. The Balaban J connectivity index is 1.40. The maximum Gasteiger partial charge on any atom is 0.333 e. The number of carboxylic acids is 1. The molecule has 1 aromatic heterocycles. The highest BCUT2D eigenvalue weighted by Gasteiger charge is 2.34. The molecule has 1 aliphatic heterocycles. The third kappa shape index (κ3) is 27.3. The van der Waals surface area contributed by atoms with Crippen LogP contribution in [0.25, 0.3) is 0 Å². The first-order valence-corrected chi connectivity index (χ1v) is 24.9. The number of hydrogen-bond acceptors (Lipinski definition) is 19. The zero-order valence-corrected chi connectivity index (χ0v) is 43.2. The molecule has 3 unspecified atom stereocenters. The molecule has 0 spiro atoms. The molecular weight excluding hydrogens is 973 g/mol. The summed E-state index contributed by atoms with van der Waals surface area (Å²) < 4.78 is 56.9. The predicted molar refractivity (Wildman–Crippen MR) is 263 cm³/mol. The van der Waals surface area contributed by atoms with Crippen LogP contribution in [-0.4, -0.2) is 222 Å². The number of aliphatic hydroxyl groups excluding tert-OH is 1. The summed E-state index contributed by atoms with van der Waals surface area (Å²) in [7, 11) is 6.44. The number of methoxy groups -OCH3 is 1. The monoisotopic (exact) mass is 1050 g/mol. The molecule has 2 heterocycles. The summed E-state index contributed by atoms with van der Waals surface area (Å²) in [5.74, 6) is -3.74. The lowest BCUT2D eigenvalue weighted by Crippen LogP contribution is -2.49. The van der Waals surface area contributed by atoms with Crippen molar-refractivity contribution < 1.29 is 86.3 Å². The zero-order chi connectivity index (χ0) is 53.9. The van der Waals surface area contributed by atoms with Crippen LogP contribution in [-0.2, 0) is 81.6 Å². The number of carboxylic acid groups (broad SMARTS) is 1. The summed E-state index contributed by atoms with van der Waals surface area (Å²) in [6.07, 6.45) is 1.14. The minimum atomic E-state index is -1.30. The van der Waals surface area contributed by atoms with E-state index in [0.717, 1.165) is 36.4 Å². The van der Waals surface area contributed by atoms with Crippen molar-refractivity contribution in [2.75, 3.05) is 126 Å². The van der Waals surface area contributed by atoms with Crippen LogP contribution in [0, 0.1) is 5.92 Å². The van der Waals surface area contributed by atoms with E-state index in [1.54, 1.807) is 4.68 Å². The Hall–Kier alpha value is -5.32. The number of unbranched alkanes of at least 4 members (excludes halogenated alkanes) is 1. The molecule has 2 aromatic rings. The quantitative estimate of drug-likeness (QED) is 0.0527. The van der Waals surface area contributed by atoms with Crippen LogP contribution in [0.2, 0.25) is 0 Å². The van der Waals surface area contributed by atoms with Gasteiger partial charge in [-0.2, -0.15) is 0 Å². The van der Waals surface area contributed by atoms with E-state index in [-0.39, 0.29) is 129 Å². The maximum absolute atomic E-state index is 13.7. The average Bonchev–Trinajstić information content (AvgIpc) is 3.82. The minimum Gasteiger partial charge on any atom is -0.479 e. The van der Waals surface area contributed by atoms with Gasteiger partial charge in [-0.15, -0.1) is 5.10 Å². The SMILES string of the molecule is [B]C(=O)OCc1ccc(OC2CC(O)CC(C(=O)O)O2)c(C(=O)NCCOCCOCCOCCN(CCOCCOCCOCc2cn(CCCC)nn2)C(=O)CN(CC(=O)NCCC(C)C)C(=O)COC)c1. The van der Waals surface area contributed by atoms with E-state index in [1.807, 2.05) is 20.0 Å². The molecule has 1 aliphatic rings. The number of hydrogen-bond donors (Lipinski definition) is 4. The molecule has 4 amide bonds. The molecule has 4 N–H and O–H groups in total. The van der Waals surface area contributed by atoms with E-state index in [4.69, 9.17) is 55.2 Å². The van der Waals surface area contributed by atoms with Gasteiger partial charge in [-0.05, 0) is 36.5 Å². The summed E-state index contributed by atoms with van der Waals surface area (Å²) in [6, 6.07) is 4.38. The first kappa shape index (κ1) is 63.0. The van der Waals surface area contributed by atoms with Crippen molar-refractivity contribution in [3.8, 4) is 5.75 Å². The number of aliphatic hydroxyl groups is 1. The van der Waals surface area contributed by atoms with Crippen LogP contribution < -0.4 is 15.4 Å². The zero-order valence-electron chi connectivity index (χ0n) is 43.2. The van der Waals surface area contributed by atoms with Crippen LogP contribution in [0.5, 0.6) is 5.75 Å². The van der Waals surface area contributed by atoms with E-state index in [0.29, 0.717) is 44.5 Å². The van der Waals surface area contributed by atoms with Crippen molar-refractivity contribution in [3.05, 3.63) is 41.2 Å². The van der Waals surface area contributed by atoms with E-state index in [1.165, 1.54) is 30.2 Å². The van der Waals surface area contributed by atoms with Gasteiger partial charge in [0.05, 0.1) is 97.1 Å². The fourth-order valence-corrected chi connectivity index (χ4v) is 6.81. The molecular formula is C48H76BN7O18. The molecule has 3 rings (SSSR count). The van der Waals surface area contributed by atoms with Crippen molar-refractivity contribution in [1.82, 2.24) is 35.4 Å². The molecule has 0 aliphatic carbocycles.